The molecular weight excluding hydrogens is 326 g/mol. The van der Waals surface area contributed by atoms with Gasteiger partial charge in [-0.1, -0.05) is 38.8 Å². The fraction of sp³-hybridized carbons (Fsp3) is 0.556. The van der Waals surface area contributed by atoms with Gasteiger partial charge in [0.05, 0.1) is 6.04 Å². The quantitative estimate of drug-likeness (QED) is 0.704. The molecule has 1 aromatic carbocycles. The molecule has 0 aromatic heterocycles. The van der Waals surface area contributed by atoms with E-state index in [-0.39, 0.29) is 36.1 Å². The van der Waals surface area contributed by atoms with Crippen molar-refractivity contribution >= 4 is 29.9 Å². The number of halogens is 1. The van der Waals surface area contributed by atoms with Gasteiger partial charge < -0.3 is 16.4 Å². The van der Waals surface area contributed by atoms with Gasteiger partial charge in [-0.15, -0.1) is 12.4 Å². The third-order valence-electron chi connectivity index (χ3n) is 4.70. The second kappa shape index (κ2) is 9.64. The van der Waals surface area contributed by atoms with Crippen molar-refractivity contribution in [3.05, 3.63) is 29.8 Å². The first-order valence-electron chi connectivity index (χ1n) is 8.44. The Hall–Kier alpha value is -1.59. The average molecular weight is 354 g/mol. The fourth-order valence-electron chi connectivity index (χ4n) is 2.49. The summed E-state index contributed by atoms with van der Waals surface area (Å²) in [5.41, 5.74) is 7.64. The standard InChI is InChI=1S/C18H27N3O2.ClH/c1-3-12(2)16(19)18(23)20-11-13-6-4-9-15(10-13)21-17(22)14-7-5-8-14;/h4,6,9-10,12,14,16H,3,5,7-8,11,19H2,1-2H3,(H,20,23)(H,21,22);1H. The number of rotatable bonds is 7. The molecule has 2 atom stereocenters. The first-order valence-corrected chi connectivity index (χ1v) is 8.44. The van der Waals surface area contributed by atoms with Crippen molar-refractivity contribution in [3.8, 4) is 0 Å². The van der Waals surface area contributed by atoms with E-state index < -0.39 is 6.04 Å². The lowest BCUT2D eigenvalue weighted by atomic mass is 9.85. The van der Waals surface area contributed by atoms with Gasteiger partial charge in [0, 0.05) is 18.2 Å². The van der Waals surface area contributed by atoms with Crippen LogP contribution in [0.1, 0.15) is 45.1 Å². The van der Waals surface area contributed by atoms with Gasteiger partial charge in [-0.2, -0.15) is 0 Å². The van der Waals surface area contributed by atoms with Crippen molar-refractivity contribution < 1.29 is 9.59 Å². The summed E-state index contributed by atoms with van der Waals surface area (Å²) < 4.78 is 0. The summed E-state index contributed by atoms with van der Waals surface area (Å²) in [7, 11) is 0. The SMILES string of the molecule is CCC(C)C(N)C(=O)NCc1cccc(NC(=O)C2CCC2)c1.Cl. The van der Waals surface area contributed by atoms with E-state index in [0.717, 1.165) is 36.9 Å². The van der Waals surface area contributed by atoms with E-state index in [4.69, 9.17) is 5.73 Å². The molecule has 2 rings (SSSR count). The highest BCUT2D eigenvalue weighted by molar-refractivity contribution is 5.93. The van der Waals surface area contributed by atoms with Crippen LogP contribution in [0, 0.1) is 11.8 Å². The Balaban J connectivity index is 0.00000288. The third kappa shape index (κ3) is 5.49. The minimum atomic E-state index is -0.485. The number of anilines is 1. The Kier molecular flexibility index (Phi) is 8.22. The molecule has 2 amide bonds. The Morgan fingerprint density at radius 1 is 1.33 bits per heavy atom. The van der Waals surface area contributed by atoms with Gasteiger partial charge in [0.25, 0.3) is 0 Å². The summed E-state index contributed by atoms with van der Waals surface area (Å²) in [4.78, 5) is 24.0. The molecule has 1 aromatic rings. The van der Waals surface area contributed by atoms with E-state index in [1.54, 1.807) is 0 Å². The highest BCUT2D eigenvalue weighted by Gasteiger charge is 2.25. The maximum atomic E-state index is 12.0. The molecule has 1 fully saturated rings. The molecule has 1 aliphatic carbocycles. The molecule has 1 aliphatic rings. The summed E-state index contributed by atoms with van der Waals surface area (Å²) in [6.07, 6.45) is 3.97. The number of carbonyl (C=O) groups excluding carboxylic acids is 2. The highest BCUT2D eigenvalue weighted by Crippen LogP contribution is 2.27. The Bertz CT molecular complexity index is 561. The van der Waals surface area contributed by atoms with Crippen molar-refractivity contribution in [1.82, 2.24) is 5.32 Å². The molecule has 134 valence electrons. The Morgan fingerprint density at radius 2 is 2.04 bits per heavy atom. The van der Waals surface area contributed by atoms with Gasteiger partial charge in [-0.25, -0.2) is 0 Å². The third-order valence-corrected chi connectivity index (χ3v) is 4.70. The van der Waals surface area contributed by atoms with Crippen LogP contribution in [0.25, 0.3) is 0 Å². The largest absolute Gasteiger partial charge is 0.351 e. The molecule has 0 spiro atoms. The number of hydrogen-bond donors (Lipinski definition) is 3. The van der Waals surface area contributed by atoms with Gasteiger partial charge >= 0.3 is 0 Å². The van der Waals surface area contributed by atoms with E-state index >= 15 is 0 Å². The van der Waals surface area contributed by atoms with Crippen molar-refractivity contribution in [1.29, 1.82) is 0 Å². The average Bonchev–Trinajstić information content (AvgIpc) is 2.49. The van der Waals surface area contributed by atoms with Crippen molar-refractivity contribution in [2.75, 3.05) is 5.32 Å². The number of benzene rings is 1. The molecule has 1 saturated carbocycles. The number of hydrogen-bond acceptors (Lipinski definition) is 3. The zero-order valence-electron chi connectivity index (χ0n) is 14.4. The van der Waals surface area contributed by atoms with Gasteiger partial charge in [0.15, 0.2) is 0 Å². The highest BCUT2D eigenvalue weighted by atomic mass is 35.5. The monoisotopic (exact) mass is 353 g/mol. The van der Waals surface area contributed by atoms with Gasteiger partial charge in [-0.3, -0.25) is 9.59 Å². The lowest BCUT2D eigenvalue weighted by molar-refractivity contribution is -0.123. The Labute approximate surface area is 150 Å². The van der Waals surface area contributed by atoms with Crippen LogP contribution in [-0.2, 0) is 16.1 Å². The molecule has 0 aliphatic heterocycles. The summed E-state index contributed by atoms with van der Waals surface area (Å²) in [5.74, 6) is 0.273. The summed E-state index contributed by atoms with van der Waals surface area (Å²) >= 11 is 0. The summed E-state index contributed by atoms with van der Waals surface area (Å²) in [5, 5.41) is 5.81. The van der Waals surface area contributed by atoms with Crippen LogP contribution in [0.2, 0.25) is 0 Å². The van der Waals surface area contributed by atoms with E-state index in [2.05, 4.69) is 10.6 Å². The van der Waals surface area contributed by atoms with Crippen molar-refractivity contribution in [3.63, 3.8) is 0 Å². The molecule has 0 heterocycles. The smallest absolute Gasteiger partial charge is 0.237 e. The molecule has 5 nitrogen and oxygen atoms in total. The number of nitrogens with two attached hydrogens (primary N) is 1. The topological polar surface area (TPSA) is 84.2 Å². The molecule has 0 bridgehead atoms. The van der Waals surface area contributed by atoms with Crippen LogP contribution in [-0.4, -0.2) is 17.9 Å². The van der Waals surface area contributed by atoms with Crippen LogP contribution in [0.3, 0.4) is 0 Å². The normalized spacial score (nSPS) is 16.3. The number of carbonyl (C=O) groups is 2. The molecule has 0 saturated heterocycles. The number of amides is 2. The lowest BCUT2D eigenvalue weighted by Gasteiger charge is -2.24. The van der Waals surface area contributed by atoms with Crippen LogP contribution >= 0.6 is 12.4 Å². The first-order chi connectivity index (χ1) is 11.0. The van der Waals surface area contributed by atoms with E-state index in [1.807, 2.05) is 38.1 Å². The maximum absolute atomic E-state index is 12.0. The molecule has 2 unspecified atom stereocenters. The van der Waals surface area contributed by atoms with Crippen LogP contribution < -0.4 is 16.4 Å². The molecule has 0 radical (unpaired) electrons. The van der Waals surface area contributed by atoms with E-state index in [0.29, 0.717) is 6.54 Å². The fourth-order valence-corrected chi connectivity index (χ4v) is 2.49. The zero-order valence-corrected chi connectivity index (χ0v) is 15.2. The predicted octanol–water partition coefficient (Wildman–Crippen LogP) is 2.84. The summed E-state index contributed by atoms with van der Waals surface area (Å²) in [6.45, 7) is 4.41. The van der Waals surface area contributed by atoms with E-state index in [9.17, 15) is 9.59 Å². The zero-order chi connectivity index (χ0) is 16.8. The first kappa shape index (κ1) is 20.5. The second-order valence-corrected chi connectivity index (χ2v) is 6.45. The van der Waals surface area contributed by atoms with Gasteiger partial charge in [0.1, 0.15) is 0 Å². The van der Waals surface area contributed by atoms with Crippen molar-refractivity contribution in [2.24, 2.45) is 17.6 Å². The van der Waals surface area contributed by atoms with Gasteiger partial charge in [0.2, 0.25) is 11.8 Å². The molecular formula is C18H28ClN3O2. The second-order valence-electron chi connectivity index (χ2n) is 6.45. The minimum absolute atomic E-state index is 0. The molecule has 4 N–H and O–H groups in total. The summed E-state index contributed by atoms with van der Waals surface area (Å²) in [6, 6.07) is 7.08. The maximum Gasteiger partial charge on any atom is 0.237 e. The van der Waals surface area contributed by atoms with Crippen LogP contribution in [0.5, 0.6) is 0 Å². The molecule has 6 heteroatoms. The minimum Gasteiger partial charge on any atom is -0.351 e. The number of nitrogens with one attached hydrogen (secondary N) is 2. The van der Waals surface area contributed by atoms with Crippen LogP contribution in [0.4, 0.5) is 5.69 Å². The van der Waals surface area contributed by atoms with Crippen LogP contribution in [0.15, 0.2) is 24.3 Å². The Morgan fingerprint density at radius 3 is 2.62 bits per heavy atom. The van der Waals surface area contributed by atoms with Gasteiger partial charge in [-0.05, 0) is 36.5 Å². The molecule has 24 heavy (non-hydrogen) atoms. The van der Waals surface area contributed by atoms with Crippen molar-refractivity contribution in [2.45, 2.75) is 52.1 Å². The van der Waals surface area contributed by atoms with E-state index in [1.165, 1.54) is 0 Å². The lowest BCUT2D eigenvalue weighted by Crippen LogP contribution is -2.44. The predicted molar refractivity (Wildman–Crippen MR) is 98.9 cm³/mol.